The summed E-state index contributed by atoms with van der Waals surface area (Å²) in [4.78, 5) is 21.0. The topological polar surface area (TPSA) is 89.3 Å². The molecule has 0 amide bonds. The smallest absolute Gasteiger partial charge is 0.223 e. The van der Waals surface area contributed by atoms with Gasteiger partial charge in [-0.15, -0.1) is 0 Å². The van der Waals surface area contributed by atoms with Crippen LogP contribution in [0.2, 0.25) is 5.02 Å². The van der Waals surface area contributed by atoms with Crippen LogP contribution in [0.25, 0.3) is 22.2 Å². The van der Waals surface area contributed by atoms with Gasteiger partial charge in [-0.3, -0.25) is 4.79 Å². The van der Waals surface area contributed by atoms with Crippen molar-refractivity contribution in [2.75, 3.05) is 18.5 Å². The monoisotopic (exact) mass is 446 g/mol. The van der Waals surface area contributed by atoms with Crippen LogP contribution >= 0.6 is 11.6 Å². The average molecular weight is 447 g/mol. The summed E-state index contributed by atoms with van der Waals surface area (Å²) in [6.07, 6.45) is 0.997. The van der Waals surface area contributed by atoms with Gasteiger partial charge in [0.15, 0.2) is 5.82 Å². The molecule has 2 N–H and O–H groups in total. The fourth-order valence-corrected chi connectivity index (χ4v) is 4.19. The fraction of sp³-hybridized carbons (Fsp3) is 0.409. The Morgan fingerprint density at radius 1 is 1.39 bits per heavy atom. The Bertz CT molecular complexity index is 1200. The number of aromatic nitrogens is 3. The van der Waals surface area contributed by atoms with Crippen molar-refractivity contribution < 1.29 is 14.2 Å². The first-order valence-corrected chi connectivity index (χ1v) is 10.5. The summed E-state index contributed by atoms with van der Waals surface area (Å²) in [6.45, 7) is 6.52. The molecule has 0 aliphatic carbocycles. The molecule has 31 heavy (non-hydrogen) atoms. The molecule has 3 heterocycles. The Morgan fingerprint density at radius 2 is 2.16 bits per heavy atom. The number of nitrogens with one attached hydrogen (secondary N) is 1. The normalized spacial score (nSPS) is 19.2. The van der Waals surface area contributed by atoms with E-state index >= 15 is 0 Å². The quantitative estimate of drug-likeness (QED) is 0.635. The lowest BCUT2D eigenvalue weighted by atomic mass is 10.1. The number of aliphatic hydroxyl groups excluding tert-OH is 1. The lowest BCUT2D eigenvalue weighted by Gasteiger charge is -2.28. The molecule has 3 aromatic rings. The van der Waals surface area contributed by atoms with Gasteiger partial charge in [-0.1, -0.05) is 17.7 Å². The van der Waals surface area contributed by atoms with Crippen LogP contribution < -0.4 is 10.7 Å². The Balaban J connectivity index is 1.80. The number of rotatable bonds is 4. The van der Waals surface area contributed by atoms with E-state index in [1.807, 2.05) is 18.4 Å². The van der Waals surface area contributed by atoms with Crippen LogP contribution in [0.3, 0.4) is 0 Å². The van der Waals surface area contributed by atoms with Gasteiger partial charge in [0.25, 0.3) is 0 Å². The van der Waals surface area contributed by atoms with Crippen molar-refractivity contribution in [2.24, 2.45) is 0 Å². The van der Waals surface area contributed by atoms with Gasteiger partial charge in [0.1, 0.15) is 10.7 Å². The van der Waals surface area contributed by atoms with Gasteiger partial charge < -0.3 is 19.7 Å². The number of aliphatic hydroxyl groups is 1. The third-order valence-corrected chi connectivity index (χ3v) is 6.00. The van der Waals surface area contributed by atoms with E-state index in [0.29, 0.717) is 35.2 Å². The number of benzene rings is 1. The summed E-state index contributed by atoms with van der Waals surface area (Å²) in [5.41, 5.74) is 1.68. The Hall–Kier alpha value is -2.55. The number of halogens is 2. The minimum Gasteiger partial charge on any atom is -0.389 e. The first kappa shape index (κ1) is 21.7. The number of anilines is 1. The van der Waals surface area contributed by atoms with E-state index in [4.69, 9.17) is 16.3 Å². The van der Waals surface area contributed by atoms with Gasteiger partial charge in [0.2, 0.25) is 11.4 Å². The molecule has 164 valence electrons. The first-order valence-electron chi connectivity index (χ1n) is 10.2. The van der Waals surface area contributed by atoms with Crippen molar-refractivity contribution >= 4 is 28.5 Å². The van der Waals surface area contributed by atoms with Gasteiger partial charge >= 0.3 is 0 Å². The minimum atomic E-state index is -0.695. The highest BCUT2D eigenvalue weighted by Gasteiger charge is 2.25. The van der Waals surface area contributed by atoms with Gasteiger partial charge in [-0.05, 0) is 39.3 Å². The predicted octanol–water partition coefficient (Wildman–Crippen LogP) is 3.70. The van der Waals surface area contributed by atoms with Gasteiger partial charge in [0.05, 0.1) is 30.5 Å². The number of fused-ring (bicyclic) bond motifs is 1. The molecule has 1 saturated heterocycles. The molecule has 1 aromatic carbocycles. The zero-order valence-electron chi connectivity index (χ0n) is 17.5. The van der Waals surface area contributed by atoms with E-state index in [9.17, 15) is 14.3 Å². The first-order chi connectivity index (χ1) is 14.8. The molecule has 0 spiro atoms. The van der Waals surface area contributed by atoms with Crippen molar-refractivity contribution in [1.82, 2.24) is 14.5 Å². The van der Waals surface area contributed by atoms with Crippen molar-refractivity contribution in [2.45, 2.75) is 45.4 Å². The molecule has 2 atom stereocenters. The largest absolute Gasteiger partial charge is 0.389 e. The number of ether oxygens (including phenoxy) is 1. The van der Waals surface area contributed by atoms with Gasteiger partial charge in [-0.25, -0.2) is 14.4 Å². The SMILES string of the molecule is Cc1c(Cl)c(=O)c2ccc(-c3nc(N[C@@H]4CCOC[C@H]4O)ncc3F)cc2n1C(C)C. The summed E-state index contributed by atoms with van der Waals surface area (Å²) in [7, 11) is 0. The summed E-state index contributed by atoms with van der Waals surface area (Å²) in [5, 5.41) is 13.8. The van der Waals surface area contributed by atoms with E-state index in [-0.39, 0.29) is 40.8 Å². The fourth-order valence-electron chi connectivity index (χ4n) is 4.00. The van der Waals surface area contributed by atoms with Crippen LogP contribution in [0.5, 0.6) is 0 Å². The number of hydrogen-bond donors (Lipinski definition) is 2. The number of hydrogen-bond acceptors (Lipinski definition) is 6. The van der Waals surface area contributed by atoms with Crippen molar-refractivity contribution in [1.29, 1.82) is 0 Å². The maximum atomic E-state index is 14.7. The van der Waals surface area contributed by atoms with E-state index < -0.39 is 11.9 Å². The zero-order chi connectivity index (χ0) is 22.3. The highest BCUT2D eigenvalue weighted by atomic mass is 35.5. The van der Waals surface area contributed by atoms with Crippen LogP contribution in [0, 0.1) is 12.7 Å². The average Bonchev–Trinajstić information content (AvgIpc) is 2.74. The molecule has 4 rings (SSSR count). The summed E-state index contributed by atoms with van der Waals surface area (Å²) in [6, 6.07) is 4.81. The molecule has 0 radical (unpaired) electrons. The molecular formula is C22H24ClFN4O3. The molecule has 0 bridgehead atoms. The van der Waals surface area contributed by atoms with Crippen molar-refractivity contribution in [3.63, 3.8) is 0 Å². The molecule has 1 fully saturated rings. The molecule has 7 nitrogen and oxygen atoms in total. The second-order valence-electron chi connectivity index (χ2n) is 8.00. The summed E-state index contributed by atoms with van der Waals surface area (Å²) >= 11 is 6.26. The Labute approximate surface area is 183 Å². The number of nitrogens with zero attached hydrogens (tertiary/aromatic N) is 3. The second kappa shape index (κ2) is 8.53. The highest BCUT2D eigenvalue weighted by Crippen LogP contribution is 2.29. The maximum absolute atomic E-state index is 14.7. The summed E-state index contributed by atoms with van der Waals surface area (Å²) in [5.74, 6) is -0.363. The van der Waals surface area contributed by atoms with Crippen molar-refractivity contribution in [3.05, 3.63) is 51.2 Å². The second-order valence-corrected chi connectivity index (χ2v) is 8.37. The molecule has 9 heteroatoms. The lowest BCUT2D eigenvalue weighted by molar-refractivity contribution is -0.0136. The molecule has 0 unspecified atom stereocenters. The molecule has 0 saturated carbocycles. The predicted molar refractivity (Wildman–Crippen MR) is 118 cm³/mol. The third kappa shape index (κ3) is 4.03. The van der Waals surface area contributed by atoms with Gasteiger partial charge in [0, 0.05) is 29.3 Å². The highest BCUT2D eigenvalue weighted by molar-refractivity contribution is 6.31. The third-order valence-electron chi connectivity index (χ3n) is 5.55. The van der Waals surface area contributed by atoms with Crippen LogP contribution in [0.4, 0.5) is 10.3 Å². The molecular weight excluding hydrogens is 423 g/mol. The lowest BCUT2D eigenvalue weighted by Crippen LogP contribution is -2.42. The van der Waals surface area contributed by atoms with E-state index in [0.717, 1.165) is 6.20 Å². The Kier molecular flexibility index (Phi) is 5.96. The zero-order valence-corrected chi connectivity index (χ0v) is 18.3. The van der Waals surface area contributed by atoms with Crippen LogP contribution in [0.15, 0.2) is 29.2 Å². The van der Waals surface area contributed by atoms with Gasteiger partial charge in [-0.2, -0.15) is 0 Å². The maximum Gasteiger partial charge on any atom is 0.223 e. The summed E-state index contributed by atoms with van der Waals surface area (Å²) < 4.78 is 21.9. The molecule has 1 aliphatic heterocycles. The van der Waals surface area contributed by atoms with E-state index in [1.165, 1.54) is 0 Å². The van der Waals surface area contributed by atoms with Crippen molar-refractivity contribution in [3.8, 4) is 11.3 Å². The molecule has 1 aliphatic rings. The molecule has 2 aromatic heterocycles. The van der Waals surface area contributed by atoms with Crippen LogP contribution in [-0.4, -0.2) is 45.0 Å². The standard InChI is InChI=1S/C22H24ClFN4O3/c1-11(2)28-12(3)19(23)21(30)14-5-4-13(8-17(14)28)20-15(24)9-25-22(27-20)26-16-6-7-31-10-18(16)29/h4-5,8-9,11,16,18,29H,6-7,10H2,1-3H3,(H,25,26,27)/t16-,18-/m1/s1. The minimum absolute atomic E-state index is 0.0401. The van der Waals surface area contributed by atoms with Crippen LogP contribution in [0.1, 0.15) is 32.0 Å². The van der Waals surface area contributed by atoms with E-state index in [1.54, 1.807) is 25.1 Å². The number of pyridine rings is 1. The van der Waals surface area contributed by atoms with Crippen LogP contribution in [-0.2, 0) is 4.74 Å². The Morgan fingerprint density at radius 3 is 2.87 bits per heavy atom. The van der Waals surface area contributed by atoms with E-state index in [2.05, 4.69) is 15.3 Å².